The van der Waals surface area contributed by atoms with E-state index in [-0.39, 0.29) is 0 Å². The Balaban J connectivity index is 2.00. The molecule has 0 bridgehead atoms. The first-order valence-corrected chi connectivity index (χ1v) is 6.21. The van der Waals surface area contributed by atoms with Gasteiger partial charge in [0.05, 0.1) is 11.4 Å². The molecule has 3 rings (SSSR count). The first kappa shape index (κ1) is 11.5. The summed E-state index contributed by atoms with van der Waals surface area (Å²) >= 11 is 0. The van der Waals surface area contributed by atoms with Crippen LogP contribution in [-0.4, -0.2) is 10.2 Å². The molecule has 0 saturated carbocycles. The minimum absolute atomic E-state index is 0.751. The van der Waals surface area contributed by atoms with E-state index in [4.69, 9.17) is 5.73 Å². The molecule has 3 heteroatoms. The molecule has 1 aromatic heterocycles. The largest absolute Gasteiger partial charge is 0.398 e. The van der Waals surface area contributed by atoms with Gasteiger partial charge >= 0.3 is 0 Å². The summed E-state index contributed by atoms with van der Waals surface area (Å²) in [6, 6.07) is 18.1. The average molecular weight is 249 g/mol. The SMILES string of the molecule is Cc1ccc(-c2cc(-c3ccccc3N)[nH]n2)cc1. The van der Waals surface area contributed by atoms with Gasteiger partial charge < -0.3 is 5.73 Å². The fourth-order valence-electron chi connectivity index (χ4n) is 2.07. The highest BCUT2D eigenvalue weighted by atomic mass is 15.1. The minimum atomic E-state index is 0.751. The molecular formula is C16H15N3. The number of nitrogens with one attached hydrogen (secondary N) is 1. The molecule has 0 aliphatic heterocycles. The molecule has 0 radical (unpaired) electrons. The van der Waals surface area contributed by atoms with E-state index < -0.39 is 0 Å². The van der Waals surface area contributed by atoms with Gasteiger partial charge in [-0.3, -0.25) is 5.10 Å². The molecule has 94 valence electrons. The normalized spacial score (nSPS) is 10.6. The van der Waals surface area contributed by atoms with Crippen molar-refractivity contribution >= 4 is 5.69 Å². The molecule has 1 heterocycles. The van der Waals surface area contributed by atoms with Crippen molar-refractivity contribution in [3.05, 3.63) is 60.2 Å². The molecule has 0 unspecified atom stereocenters. The lowest BCUT2D eigenvalue weighted by Gasteiger charge is -2.00. The van der Waals surface area contributed by atoms with Crippen molar-refractivity contribution in [2.75, 3.05) is 5.73 Å². The van der Waals surface area contributed by atoms with Gasteiger partial charge in [-0.05, 0) is 19.1 Å². The van der Waals surface area contributed by atoms with Crippen molar-refractivity contribution in [1.29, 1.82) is 0 Å². The van der Waals surface area contributed by atoms with E-state index in [0.29, 0.717) is 0 Å². The zero-order chi connectivity index (χ0) is 13.2. The lowest BCUT2D eigenvalue weighted by molar-refractivity contribution is 1.10. The number of anilines is 1. The number of hydrogen-bond donors (Lipinski definition) is 2. The monoisotopic (exact) mass is 249 g/mol. The van der Waals surface area contributed by atoms with Crippen molar-refractivity contribution in [3.8, 4) is 22.5 Å². The van der Waals surface area contributed by atoms with Crippen LogP contribution in [0.15, 0.2) is 54.6 Å². The lowest BCUT2D eigenvalue weighted by atomic mass is 10.1. The number of benzene rings is 2. The van der Waals surface area contributed by atoms with E-state index in [1.807, 2.05) is 30.3 Å². The van der Waals surface area contributed by atoms with Crippen LogP contribution >= 0.6 is 0 Å². The van der Waals surface area contributed by atoms with E-state index in [2.05, 4.69) is 41.4 Å². The molecule has 0 amide bonds. The van der Waals surface area contributed by atoms with Crippen LogP contribution in [0.2, 0.25) is 0 Å². The van der Waals surface area contributed by atoms with Gasteiger partial charge in [-0.2, -0.15) is 5.10 Å². The van der Waals surface area contributed by atoms with Crippen LogP contribution in [0.5, 0.6) is 0 Å². The van der Waals surface area contributed by atoms with E-state index >= 15 is 0 Å². The predicted octanol–water partition coefficient (Wildman–Crippen LogP) is 3.63. The fourth-order valence-corrected chi connectivity index (χ4v) is 2.07. The number of nitrogen functional groups attached to an aromatic ring is 1. The van der Waals surface area contributed by atoms with Crippen LogP contribution in [-0.2, 0) is 0 Å². The molecule has 0 atom stereocenters. The number of aromatic nitrogens is 2. The van der Waals surface area contributed by atoms with Crippen molar-refractivity contribution in [2.24, 2.45) is 0 Å². The summed E-state index contributed by atoms with van der Waals surface area (Å²) < 4.78 is 0. The Labute approximate surface area is 112 Å². The quantitative estimate of drug-likeness (QED) is 0.681. The van der Waals surface area contributed by atoms with Gasteiger partial charge in [0.2, 0.25) is 0 Å². The molecule has 0 spiro atoms. The minimum Gasteiger partial charge on any atom is -0.398 e. The molecule has 3 N–H and O–H groups in total. The molecule has 3 nitrogen and oxygen atoms in total. The number of rotatable bonds is 2. The first-order valence-electron chi connectivity index (χ1n) is 6.21. The second-order valence-electron chi connectivity index (χ2n) is 4.62. The predicted molar refractivity (Wildman–Crippen MR) is 78.6 cm³/mol. The van der Waals surface area contributed by atoms with Crippen molar-refractivity contribution in [2.45, 2.75) is 6.92 Å². The van der Waals surface area contributed by atoms with Crippen LogP contribution in [0.25, 0.3) is 22.5 Å². The first-order chi connectivity index (χ1) is 9.24. The summed E-state index contributed by atoms with van der Waals surface area (Å²) in [5.41, 5.74) is 11.9. The number of nitrogens with two attached hydrogens (primary N) is 1. The zero-order valence-electron chi connectivity index (χ0n) is 10.7. The Bertz CT molecular complexity index is 696. The highest BCUT2D eigenvalue weighted by Gasteiger charge is 2.07. The topological polar surface area (TPSA) is 54.7 Å². The summed E-state index contributed by atoms with van der Waals surface area (Å²) in [6.07, 6.45) is 0. The van der Waals surface area contributed by atoms with Gasteiger partial charge in [0, 0.05) is 16.8 Å². The van der Waals surface area contributed by atoms with Crippen LogP contribution in [0.1, 0.15) is 5.56 Å². The van der Waals surface area contributed by atoms with Crippen LogP contribution in [0, 0.1) is 6.92 Å². The summed E-state index contributed by atoms with van der Waals surface area (Å²) in [7, 11) is 0. The molecule has 0 saturated heterocycles. The van der Waals surface area contributed by atoms with Gasteiger partial charge in [0.25, 0.3) is 0 Å². The Morgan fingerprint density at radius 3 is 2.47 bits per heavy atom. The third kappa shape index (κ3) is 2.22. The number of aromatic amines is 1. The Morgan fingerprint density at radius 1 is 1.00 bits per heavy atom. The van der Waals surface area contributed by atoms with Gasteiger partial charge in [-0.15, -0.1) is 0 Å². The van der Waals surface area contributed by atoms with Gasteiger partial charge in [-0.1, -0.05) is 48.0 Å². The standard InChI is InChI=1S/C16H15N3/c1-11-6-8-12(9-7-11)15-10-16(19-18-15)13-4-2-3-5-14(13)17/h2-10H,17H2,1H3,(H,18,19). The van der Waals surface area contributed by atoms with Crippen LogP contribution in [0.4, 0.5) is 5.69 Å². The molecule has 0 fully saturated rings. The van der Waals surface area contributed by atoms with E-state index in [1.165, 1.54) is 5.56 Å². The zero-order valence-corrected chi connectivity index (χ0v) is 10.7. The second-order valence-corrected chi connectivity index (χ2v) is 4.62. The Morgan fingerprint density at radius 2 is 1.74 bits per heavy atom. The third-order valence-electron chi connectivity index (χ3n) is 3.18. The van der Waals surface area contributed by atoms with Crippen LogP contribution < -0.4 is 5.73 Å². The van der Waals surface area contributed by atoms with E-state index in [9.17, 15) is 0 Å². The van der Waals surface area contributed by atoms with E-state index in [0.717, 1.165) is 28.2 Å². The van der Waals surface area contributed by atoms with Crippen LogP contribution in [0.3, 0.4) is 0 Å². The highest BCUT2D eigenvalue weighted by Crippen LogP contribution is 2.27. The van der Waals surface area contributed by atoms with E-state index in [1.54, 1.807) is 0 Å². The maximum atomic E-state index is 5.97. The summed E-state index contributed by atoms with van der Waals surface area (Å²) in [6.45, 7) is 2.07. The maximum absolute atomic E-state index is 5.97. The summed E-state index contributed by atoms with van der Waals surface area (Å²) in [5.74, 6) is 0. The number of H-pyrrole nitrogens is 1. The number of nitrogens with zero attached hydrogens (tertiary/aromatic N) is 1. The van der Waals surface area contributed by atoms with Gasteiger partial charge in [-0.25, -0.2) is 0 Å². The maximum Gasteiger partial charge on any atom is 0.0927 e. The second kappa shape index (κ2) is 4.61. The Hall–Kier alpha value is -2.55. The van der Waals surface area contributed by atoms with Gasteiger partial charge in [0.15, 0.2) is 0 Å². The number of aryl methyl sites for hydroxylation is 1. The molecule has 3 aromatic rings. The average Bonchev–Trinajstić information content (AvgIpc) is 2.89. The third-order valence-corrected chi connectivity index (χ3v) is 3.18. The highest BCUT2D eigenvalue weighted by molar-refractivity contribution is 5.76. The summed E-state index contributed by atoms with van der Waals surface area (Å²) in [4.78, 5) is 0. The smallest absolute Gasteiger partial charge is 0.0927 e. The molecule has 2 aromatic carbocycles. The molecular weight excluding hydrogens is 234 g/mol. The van der Waals surface area contributed by atoms with Gasteiger partial charge in [0.1, 0.15) is 0 Å². The number of hydrogen-bond acceptors (Lipinski definition) is 2. The number of para-hydroxylation sites is 1. The Kier molecular flexibility index (Phi) is 2.80. The van der Waals surface area contributed by atoms with Crippen molar-refractivity contribution in [3.63, 3.8) is 0 Å². The molecule has 19 heavy (non-hydrogen) atoms. The van der Waals surface area contributed by atoms with Crippen molar-refractivity contribution in [1.82, 2.24) is 10.2 Å². The summed E-state index contributed by atoms with van der Waals surface area (Å²) in [5, 5.41) is 7.40. The lowest BCUT2D eigenvalue weighted by Crippen LogP contribution is -1.88. The molecule has 0 aliphatic rings. The van der Waals surface area contributed by atoms with Crippen molar-refractivity contribution < 1.29 is 0 Å². The fraction of sp³-hybridized carbons (Fsp3) is 0.0625. The molecule has 0 aliphatic carbocycles.